The molecule has 5 heteroatoms. The average Bonchev–Trinajstić information content (AvgIpc) is 2.66. The topological polar surface area (TPSA) is 61.4 Å². The molecule has 4 nitrogen and oxygen atoms in total. The average molecular weight is 391 g/mol. The summed E-state index contributed by atoms with van der Waals surface area (Å²) in [4.78, 5) is 13.2. The van der Waals surface area contributed by atoms with Crippen molar-refractivity contribution < 1.29 is 9.90 Å². The molecule has 1 aromatic carbocycles. The molecule has 27 heavy (non-hydrogen) atoms. The number of nitrogens with one attached hydrogen (secondary N) is 2. The number of benzene rings is 1. The first kappa shape index (κ1) is 22.0. The molecule has 2 rings (SSSR count). The molecule has 1 saturated carbocycles. The van der Waals surface area contributed by atoms with Gasteiger partial charge >= 0.3 is 0 Å². The van der Waals surface area contributed by atoms with Gasteiger partial charge in [0, 0.05) is 11.4 Å². The number of rotatable bonds is 11. The molecule has 0 radical (unpaired) electrons. The third-order valence-corrected chi connectivity index (χ3v) is 5.93. The van der Waals surface area contributed by atoms with E-state index in [0.29, 0.717) is 13.0 Å². The molecular weight excluding hydrogens is 356 g/mol. The summed E-state index contributed by atoms with van der Waals surface area (Å²) in [6.45, 7) is 4.66. The van der Waals surface area contributed by atoms with Gasteiger partial charge in [-0.2, -0.15) is 0 Å². The minimum atomic E-state index is -0.888. The van der Waals surface area contributed by atoms with E-state index in [2.05, 4.69) is 40.9 Å². The van der Waals surface area contributed by atoms with E-state index in [-0.39, 0.29) is 5.91 Å². The molecule has 0 saturated heterocycles. The Balaban J connectivity index is 1.56. The van der Waals surface area contributed by atoms with Gasteiger partial charge < -0.3 is 10.4 Å². The Kier molecular flexibility index (Phi) is 9.95. The summed E-state index contributed by atoms with van der Waals surface area (Å²) in [6, 6.07) is 8.27. The Morgan fingerprint density at radius 2 is 2.11 bits per heavy atom. The van der Waals surface area contributed by atoms with E-state index >= 15 is 0 Å². The zero-order chi connectivity index (χ0) is 19.5. The fraction of sp³-hybridized carbons (Fsp3) is 0.591. The predicted octanol–water partition coefficient (Wildman–Crippen LogP) is 4.24. The van der Waals surface area contributed by atoms with Crippen molar-refractivity contribution >= 4 is 17.9 Å². The zero-order valence-corrected chi connectivity index (χ0v) is 17.3. The summed E-state index contributed by atoms with van der Waals surface area (Å²) in [5.41, 5.74) is 2.57. The molecule has 3 N–H and O–H groups in total. The van der Waals surface area contributed by atoms with Crippen LogP contribution in [0.4, 0.5) is 0 Å². The Labute approximate surface area is 168 Å². The standard InChI is InChI=1S/C22H34N2O2S/c1-17-6-5-8-19(16-17)7-3-4-9-21(25)22(26)24-15-14-18-10-12-20(13-11-18)27-23-2/h10-13,19,21,23,25H,1,3-9,14-16H2,2H3,(H,24,26). The number of hydrogen-bond donors (Lipinski definition) is 3. The highest BCUT2D eigenvalue weighted by Gasteiger charge is 2.17. The molecule has 2 unspecified atom stereocenters. The quantitative estimate of drug-likeness (QED) is 0.300. The molecule has 1 aliphatic carbocycles. The highest BCUT2D eigenvalue weighted by atomic mass is 32.2. The maximum atomic E-state index is 12.0. The van der Waals surface area contributed by atoms with E-state index in [1.165, 1.54) is 41.7 Å². The van der Waals surface area contributed by atoms with Crippen LogP contribution >= 0.6 is 11.9 Å². The minimum Gasteiger partial charge on any atom is -0.383 e. The van der Waals surface area contributed by atoms with Crippen LogP contribution in [0, 0.1) is 5.92 Å². The zero-order valence-electron chi connectivity index (χ0n) is 16.5. The van der Waals surface area contributed by atoms with Gasteiger partial charge in [0.25, 0.3) is 0 Å². The van der Waals surface area contributed by atoms with Crippen molar-refractivity contribution in [1.82, 2.24) is 10.0 Å². The van der Waals surface area contributed by atoms with Crippen molar-refractivity contribution in [2.24, 2.45) is 5.92 Å². The normalized spacial score (nSPS) is 18.3. The number of aliphatic hydroxyl groups excluding tert-OH is 1. The monoisotopic (exact) mass is 390 g/mol. The van der Waals surface area contributed by atoms with Crippen LogP contribution in [0.25, 0.3) is 0 Å². The van der Waals surface area contributed by atoms with Gasteiger partial charge in [-0.3, -0.25) is 9.52 Å². The second kappa shape index (κ2) is 12.2. The van der Waals surface area contributed by atoms with Gasteiger partial charge in [-0.15, -0.1) is 0 Å². The molecule has 1 fully saturated rings. The van der Waals surface area contributed by atoms with Crippen LogP contribution in [0.5, 0.6) is 0 Å². The van der Waals surface area contributed by atoms with E-state index in [9.17, 15) is 9.90 Å². The van der Waals surface area contributed by atoms with Crippen molar-refractivity contribution in [1.29, 1.82) is 0 Å². The Morgan fingerprint density at radius 1 is 1.33 bits per heavy atom. The van der Waals surface area contributed by atoms with Crippen LogP contribution in [0.2, 0.25) is 0 Å². The number of aliphatic hydroxyl groups is 1. The van der Waals surface area contributed by atoms with Gasteiger partial charge in [-0.05, 0) is 81.1 Å². The van der Waals surface area contributed by atoms with Crippen LogP contribution in [0.3, 0.4) is 0 Å². The minimum absolute atomic E-state index is 0.247. The highest BCUT2D eigenvalue weighted by Crippen LogP contribution is 2.30. The smallest absolute Gasteiger partial charge is 0.248 e. The number of carbonyl (C=O) groups excluding carboxylic acids is 1. The lowest BCUT2D eigenvalue weighted by Gasteiger charge is -2.23. The Bertz CT molecular complexity index is 588. The molecule has 2 atom stereocenters. The number of hydrogen-bond acceptors (Lipinski definition) is 4. The van der Waals surface area contributed by atoms with E-state index in [4.69, 9.17) is 0 Å². The maximum absolute atomic E-state index is 12.0. The lowest BCUT2D eigenvalue weighted by Crippen LogP contribution is -2.35. The maximum Gasteiger partial charge on any atom is 0.248 e. The Hall–Kier alpha value is -1.30. The lowest BCUT2D eigenvalue weighted by molar-refractivity contribution is -0.129. The van der Waals surface area contributed by atoms with E-state index < -0.39 is 6.10 Å². The van der Waals surface area contributed by atoms with Crippen LogP contribution < -0.4 is 10.0 Å². The third-order valence-electron chi connectivity index (χ3n) is 5.22. The van der Waals surface area contributed by atoms with Crippen LogP contribution in [-0.2, 0) is 11.2 Å². The molecule has 1 aromatic rings. The van der Waals surface area contributed by atoms with Crippen molar-refractivity contribution in [3.8, 4) is 0 Å². The first-order chi connectivity index (χ1) is 13.1. The summed E-state index contributed by atoms with van der Waals surface area (Å²) in [6.07, 6.45) is 8.54. The second-order valence-electron chi connectivity index (χ2n) is 7.50. The lowest BCUT2D eigenvalue weighted by atomic mass is 9.83. The molecular formula is C22H34N2O2S. The van der Waals surface area contributed by atoms with E-state index in [1.807, 2.05) is 7.05 Å². The number of amides is 1. The summed E-state index contributed by atoms with van der Waals surface area (Å²) >= 11 is 1.58. The molecule has 1 amide bonds. The fourth-order valence-electron chi connectivity index (χ4n) is 3.69. The van der Waals surface area contributed by atoms with E-state index in [0.717, 1.165) is 31.6 Å². The van der Waals surface area contributed by atoms with Crippen molar-refractivity contribution in [3.63, 3.8) is 0 Å². The largest absolute Gasteiger partial charge is 0.383 e. The number of allylic oxidation sites excluding steroid dienone is 1. The number of carbonyl (C=O) groups is 1. The molecule has 0 aromatic heterocycles. The van der Waals surface area contributed by atoms with Crippen molar-refractivity contribution in [3.05, 3.63) is 42.0 Å². The summed E-state index contributed by atoms with van der Waals surface area (Å²) in [7, 11) is 1.90. The van der Waals surface area contributed by atoms with Crippen LogP contribution in [0.1, 0.15) is 56.9 Å². The molecule has 0 heterocycles. The summed E-state index contributed by atoms with van der Waals surface area (Å²) in [5.74, 6) is 0.513. The van der Waals surface area contributed by atoms with Crippen molar-refractivity contribution in [2.45, 2.75) is 68.8 Å². The van der Waals surface area contributed by atoms with Gasteiger partial charge in [-0.1, -0.05) is 43.5 Å². The first-order valence-electron chi connectivity index (χ1n) is 10.1. The third kappa shape index (κ3) is 8.50. The van der Waals surface area contributed by atoms with Gasteiger partial charge in [0.15, 0.2) is 0 Å². The van der Waals surface area contributed by atoms with E-state index in [1.54, 1.807) is 11.9 Å². The van der Waals surface area contributed by atoms with Crippen LogP contribution in [0.15, 0.2) is 41.3 Å². The van der Waals surface area contributed by atoms with Gasteiger partial charge in [0.1, 0.15) is 6.10 Å². The van der Waals surface area contributed by atoms with Gasteiger partial charge in [-0.25, -0.2) is 0 Å². The molecule has 0 bridgehead atoms. The van der Waals surface area contributed by atoms with Gasteiger partial charge in [0.05, 0.1) is 0 Å². The van der Waals surface area contributed by atoms with Gasteiger partial charge in [0.2, 0.25) is 5.91 Å². The summed E-state index contributed by atoms with van der Waals surface area (Å²) in [5, 5.41) is 12.9. The highest BCUT2D eigenvalue weighted by molar-refractivity contribution is 7.97. The fourth-order valence-corrected chi connectivity index (χ4v) is 4.20. The first-order valence-corrected chi connectivity index (χ1v) is 10.9. The molecule has 1 aliphatic rings. The second-order valence-corrected chi connectivity index (χ2v) is 8.59. The molecule has 0 aliphatic heterocycles. The Morgan fingerprint density at radius 3 is 2.81 bits per heavy atom. The molecule has 150 valence electrons. The SMILES string of the molecule is C=C1CCCC(CCCCC(O)C(=O)NCCc2ccc(SNC)cc2)C1. The predicted molar refractivity (Wildman–Crippen MR) is 114 cm³/mol. The van der Waals surface area contributed by atoms with Crippen LogP contribution in [-0.4, -0.2) is 30.7 Å². The number of unbranched alkanes of at least 4 members (excludes halogenated alkanes) is 1. The molecule has 0 spiro atoms. The summed E-state index contributed by atoms with van der Waals surface area (Å²) < 4.78 is 3.04. The van der Waals surface area contributed by atoms with Crippen molar-refractivity contribution in [2.75, 3.05) is 13.6 Å².